The highest BCUT2D eigenvalue weighted by Crippen LogP contribution is 2.29. The van der Waals surface area contributed by atoms with E-state index in [1.165, 1.54) is 11.0 Å². The van der Waals surface area contributed by atoms with Crippen molar-refractivity contribution in [2.45, 2.75) is 6.04 Å². The van der Waals surface area contributed by atoms with Gasteiger partial charge in [-0.05, 0) is 29.3 Å². The highest BCUT2D eigenvalue weighted by Gasteiger charge is 2.26. The predicted octanol–water partition coefficient (Wildman–Crippen LogP) is 3.65. The Morgan fingerprint density at radius 3 is 2.59 bits per heavy atom. The van der Waals surface area contributed by atoms with Crippen molar-refractivity contribution in [2.75, 3.05) is 4.90 Å². The molecule has 3 nitrogen and oxygen atoms in total. The third-order valence-corrected chi connectivity index (χ3v) is 3.52. The molecule has 1 aliphatic rings. The molecular weight excluding hydrogens is 272 g/mol. The van der Waals surface area contributed by atoms with Gasteiger partial charge in [-0.1, -0.05) is 54.6 Å². The minimum atomic E-state index is -0.581. The Morgan fingerprint density at radius 2 is 1.82 bits per heavy atom. The third-order valence-electron chi connectivity index (χ3n) is 3.52. The van der Waals surface area contributed by atoms with Crippen LogP contribution in [0.2, 0.25) is 0 Å². The standard InChI is InChI=1S/C19H14N2O/c20-14-17-12-11-16-8-4-5-9-18(16)21(17)19(22)13-10-15-6-2-1-3-7-15/h1-13,17H/b13-10-. The Balaban J connectivity index is 1.92. The van der Waals surface area contributed by atoms with Gasteiger partial charge in [0.15, 0.2) is 0 Å². The maximum absolute atomic E-state index is 12.6. The monoisotopic (exact) mass is 286 g/mol. The number of nitriles is 1. The van der Waals surface area contributed by atoms with Crippen molar-refractivity contribution in [2.24, 2.45) is 0 Å². The number of fused-ring (bicyclic) bond motifs is 1. The first-order valence-corrected chi connectivity index (χ1v) is 7.03. The molecular formula is C19H14N2O. The van der Waals surface area contributed by atoms with Gasteiger partial charge in [0.1, 0.15) is 6.04 Å². The molecule has 2 aromatic carbocycles. The molecule has 0 radical (unpaired) electrons. The van der Waals surface area contributed by atoms with Gasteiger partial charge in [-0.2, -0.15) is 5.26 Å². The van der Waals surface area contributed by atoms with Crippen LogP contribution in [0.15, 0.2) is 66.7 Å². The van der Waals surface area contributed by atoms with E-state index < -0.39 is 6.04 Å². The molecule has 0 bridgehead atoms. The second-order valence-electron chi connectivity index (χ2n) is 4.94. The molecule has 0 fully saturated rings. The second-order valence-corrected chi connectivity index (χ2v) is 4.94. The second kappa shape index (κ2) is 6.11. The summed E-state index contributed by atoms with van der Waals surface area (Å²) in [5, 5.41) is 9.30. The van der Waals surface area contributed by atoms with E-state index >= 15 is 0 Å². The van der Waals surface area contributed by atoms with Crippen LogP contribution in [0.5, 0.6) is 0 Å². The Bertz CT molecular complexity index is 785. The minimum absolute atomic E-state index is 0.202. The molecule has 1 amide bonds. The number of benzene rings is 2. The number of hydrogen-bond donors (Lipinski definition) is 0. The average Bonchev–Trinajstić information content (AvgIpc) is 2.59. The van der Waals surface area contributed by atoms with Crippen molar-refractivity contribution in [3.63, 3.8) is 0 Å². The Kier molecular flexibility index (Phi) is 3.84. The molecule has 1 aliphatic heterocycles. The molecule has 0 saturated heterocycles. The highest BCUT2D eigenvalue weighted by atomic mass is 16.2. The van der Waals surface area contributed by atoms with Gasteiger partial charge in [-0.25, -0.2) is 0 Å². The van der Waals surface area contributed by atoms with Crippen LogP contribution in [0, 0.1) is 11.3 Å². The van der Waals surface area contributed by atoms with Gasteiger partial charge >= 0.3 is 0 Å². The van der Waals surface area contributed by atoms with Gasteiger partial charge < -0.3 is 0 Å². The first-order chi connectivity index (χ1) is 10.8. The van der Waals surface area contributed by atoms with Crippen molar-refractivity contribution >= 4 is 23.7 Å². The zero-order chi connectivity index (χ0) is 15.4. The number of hydrogen-bond acceptors (Lipinski definition) is 2. The van der Waals surface area contributed by atoms with Crippen molar-refractivity contribution in [1.82, 2.24) is 0 Å². The van der Waals surface area contributed by atoms with Crippen molar-refractivity contribution in [3.8, 4) is 6.07 Å². The van der Waals surface area contributed by atoms with Crippen LogP contribution >= 0.6 is 0 Å². The topological polar surface area (TPSA) is 44.1 Å². The van der Waals surface area contributed by atoms with Crippen LogP contribution in [0.25, 0.3) is 12.2 Å². The summed E-state index contributed by atoms with van der Waals surface area (Å²) in [4.78, 5) is 14.1. The smallest absolute Gasteiger partial charge is 0.252 e. The minimum Gasteiger partial charge on any atom is -0.288 e. The van der Waals surface area contributed by atoms with Gasteiger partial charge in [0.25, 0.3) is 5.91 Å². The summed E-state index contributed by atoms with van der Waals surface area (Å²) in [7, 11) is 0. The molecule has 22 heavy (non-hydrogen) atoms. The molecule has 1 atom stereocenters. The Morgan fingerprint density at radius 1 is 1.09 bits per heavy atom. The van der Waals surface area contributed by atoms with Crippen LogP contribution in [-0.2, 0) is 4.79 Å². The van der Waals surface area contributed by atoms with E-state index in [4.69, 9.17) is 0 Å². The van der Waals surface area contributed by atoms with Gasteiger partial charge in [-0.3, -0.25) is 9.69 Å². The number of nitrogens with zero attached hydrogens (tertiary/aromatic N) is 2. The lowest BCUT2D eigenvalue weighted by Gasteiger charge is -2.29. The Hall–Kier alpha value is -3.12. The Labute approximate surface area is 129 Å². The summed E-state index contributed by atoms with van der Waals surface area (Å²) >= 11 is 0. The van der Waals surface area contributed by atoms with Gasteiger partial charge in [-0.15, -0.1) is 0 Å². The van der Waals surface area contributed by atoms with Crippen LogP contribution in [0.3, 0.4) is 0 Å². The number of rotatable bonds is 2. The molecule has 0 aliphatic carbocycles. The lowest BCUT2D eigenvalue weighted by molar-refractivity contribution is -0.114. The van der Waals surface area contributed by atoms with Crippen LogP contribution in [0.4, 0.5) is 5.69 Å². The molecule has 0 N–H and O–H groups in total. The lowest BCUT2D eigenvalue weighted by atomic mass is 10.0. The quantitative estimate of drug-likeness (QED) is 0.791. The van der Waals surface area contributed by atoms with E-state index in [2.05, 4.69) is 6.07 Å². The summed E-state index contributed by atoms with van der Waals surface area (Å²) < 4.78 is 0. The third kappa shape index (κ3) is 2.68. The molecule has 3 heteroatoms. The van der Waals surface area contributed by atoms with Crippen LogP contribution < -0.4 is 4.90 Å². The number of carbonyl (C=O) groups is 1. The maximum Gasteiger partial charge on any atom is 0.252 e. The van der Waals surface area contributed by atoms with Crippen LogP contribution in [-0.4, -0.2) is 11.9 Å². The fourth-order valence-corrected chi connectivity index (χ4v) is 2.45. The molecule has 1 unspecified atom stereocenters. The summed E-state index contributed by atoms with van der Waals surface area (Å²) in [6.07, 6.45) is 6.90. The van der Waals surface area contributed by atoms with E-state index in [1.54, 1.807) is 12.2 Å². The maximum atomic E-state index is 12.6. The largest absolute Gasteiger partial charge is 0.288 e. The number of anilines is 1. The van der Waals surface area contributed by atoms with E-state index in [0.717, 1.165) is 16.8 Å². The summed E-state index contributed by atoms with van der Waals surface area (Å²) in [5.41, 5.74) is 2.65. The summed E-state index contributed by atoms with van der Waals surface area (Å²) in [5.74, 6) is -0.202. The first-order valence-electron chi connectivity index (χ1n) is 7.03. The van der Waals surface area contributed by atoms with E-state index in [9.17, 15) is 10.1 Å². The van der Waals surface area contributed by atoms with Gasteiger partial charge in [0.2, 0.25) is 0 Å². The summed E-state index contributed by atoms with van der Waals surface area (Å²) in [6.45, 7) is 0. The number of para-hydroxylation sites is 1. The molecule has 1 heterocycles. The molecule has 106 valence electrons. The molecule has 2 aromatic rings. The van der Waals surface area contributed by atoms with E-state index in [1.807, 2.05) is 60.7 Å². The van der Waals surface area contributed by atoms with Crippen molar-refractivity contribution < 1.29 is 4.79 Å². The zero-order valence-electron chi connectivity index (χ0n) is 11.9. The highest BCUT2D eigenvalue weighted by molar-refractivity contribution is 6.06. The molecule has 3 rings (SSSR count). The molecule has 0 spiro atoms. The zero-order valence-corrected chi connectivity index (χ0v) is 11.9. The van der Waals surface area contributed by atoms with Gasteiger partial charge in [0, 0.05) is 6.08 Å². The first kappa shape index (κ1) is 13.8. The summed E-state index contributed by atoms with van der Waals surface area (Å²) in [6, 6.07) is 18.8. The normalized spacial score (nSPS) is 16.3. The fourth-order valence-electron chi connectivity index (χ4n) is 2.45. The molecule has 0 aromatic heterocycles. The number of amides is 1. The van der Waals surface area contributed by atoms with Gasteiger partial charge in [0.05, 0.1) is 11.8 Å². The number of carbonyl (C=O) groups excluding carboxylic acids is 1. The van der Waals surface area contributed by atoms with E-state index in [-0.39, 0.29) is 5.91 Å². The van der Waals surface area contributed by atoms with Crippen molar-refractivity contribution in [3.05, 3.63) is 77.9 Å². The van der Waals surface area contributed by atoms with Crippen molar-refractivity contribution in [1.29, 1.82) is 5.26 Å². The van der Waals surface area contributed by atoms with Crippen LogP contribution in [0.1, 0.15) is 11.1 Å². The SMILES string of the molecule is N#CC1C=Cc2ccccc2N1C(=O)/C=C\c1ccccc1. The average molecular weight is 286 g/mol. The van der Waals surface area contributed by atoms with E-state index in [0.29, 0.717) is 0 Å². The lowest BCUT2D eigenvalue weighted by Crippen LogP contribution is -2.39. The predicted molar refractivity (Wildman–Crippen MR) is 87.8 cm³/mol. The molecule has 0 saturated carbocycles. The fraction of sp³-hybridized carbons (Fsp3) is 0.0526.